The van der Waals surface area contributed by atoms with E-state index in [1.165, 1.54) is 5.56 Å². The lowest BCUT2D eigenvalue weighted by Crippen LogP contribution is -2.48. The van der Waals surface area contributed by atoms with Crippen molar-refractivity contribution in [3.63, 3.8) is 0 Å². The molecule has 6 heteroatoms. The lowest BCUT2D eigenvalue weighted by molar-refractivity contribution is -0.000820. The number of halogens is 1. The molecule has 1 aliphatic heterocycles. The monoisotopic (exact) mass is 344 g/mol. The Morgan fingerprint density at radius 3 is 2.90 bits per heavy atom. The van der Waals surface area contributed by atoms with E-state index >= 15 is 0 Å². The first-order chi connectivity index (χ1) is 9.65. The van der Waals surface area contributed by atoms with Gasteiger partial charge < -0.3 is 14.6 Å². The van der Waals surface area contributed by atoms with Crippen molar-refractivity contribution in [3.8, 4) is 5.75 Å². The summed E-state index contributed by atoms with van der Waals surface area (Å²) in [6.07, 6.45) is -0.550. The smallest absolute Gasteiger partial charge is 0.133 e. The van der Waals surface area contributed by atoms with Crippen LogP contribution in [0.2, 0.25) is 0 Å². The molecule has 1 saturated heterocycles. The Labute approximate surface area is 128 Å². The zero-order chi connectivity index (χ0) is 14.4. The van der Waals surface area contributed by atoms with E-state index in [1.807, 2.05) is 25.1 Å². The molecule has 5 nitrogen and oxygen atoms in total. The summed E-state index contributed by atoms with van der Waals surface area (Å²) >= 11 is 3.45. The summed E-state index contributed by atoms with van der Waals surface area (Å²) in [6.45, 7) is 5.91. The quantitative estimate of drug-likeness (QED) is 0.815. The molecule has 0 spiro atoms. The van der Waals surface area contributed by atoms with Crippen LogP contribution in [0.25, 0.3) is 0 Å². The zero-order valence-electron chi connectivity index (χ0n) is 11.6. The highest BCUT2D eigenvalue weighted by atomic mass is 79.9. The largest absolute Gasteiger partial charge is 0.490 e. The lowest BCUT2D eigenvalue weighted by Gasteiger charge is -2.28. The summed E-state index contributed by atoms with van der Waals surface area (Å²) < 4.78 is 11.8. The predicted octanol–water partition coefficient (Wildman–Crippen LogP) is 1.33. The molecule has 0 radical (unpaired) electrons. The third kappa shape index (κ3) is 5.03. The Morgan fingerprint density at radius 2 is 2.20 bits per heavy atom. The van der Waals surface area contributed by atoms with E-state index in [9.17, 15) is 5.11 Å². The SMILES string of the molecule is Cc1ccc(OCC(O)CNN2CCOCC2)c(Br)c1. The van der Waals surface area contributed by atoms with Crippen molar-refractivity contribution in [2.45, 2.75) is 13.0 Å². The van der Waals surface area contributed by atoms with Gasteiger partial charge in [-0.15, -0.1) is 0 Å². The molecule has 2 rings (SSSR count). The molecule has 0 amide bonds. The minimum atomic E-state index is -0.550. The first-order valence-corrected chi connectivity index (χ1v) is 7.57. The third-order valence-electron chi connectivity index (χ3n) is 3.08. The summed E-state index contributed by atoms with van der Waals surface area (Å²) in [4.78, 5) is 0. The second-order valence-corrected chi connectivity index (χ2v) is 5.71. The Hall–Kier alpha value is -0.660. The van der Waals surface area contributed by atoms with Gasteiger partial charge in [0.25, 0.3) is 0 Å². The molecule has 1 aromatic rings. The fourth-order valence-corrected chi connectivity index (χ4v) is 2.53. The van der Waals surface area contributed by atoms with Crippen molar-refractivity contribution < 1.29 is 14.6 Å². The Bertz CT molecular complexity index is 425. The molecule has 1 atom stereocenters. The number of rotatable bonds is 6. The average Bonchev–Trinajstić information content (AvgIpc) is 2.45. The van der Waals surface area contributed by atoms with Gasteiger partial charge in [0, 0.05) is 19.6 Å². The second-order valence-electron chi connectivity index (χ2n) is 4.86. The van der Waals surface area contributed by atoms with Crippen LogP contribution in [-0.2, 0) is 4.74 Å². The van der Waals surface area contributed by atoms with E-state index in [4.69, 9.17) is 9.47 Å². The molecule has 1 fully saturated rings. The van der Waals surface area contributed by atoms with Crippen LogP contribution >= 0.6 is 15.9 Å². The Kier molecular flexibility index (Phi) is 6.25. The molecule has 1 heterocycles. The predicted molar refractivity (Wildman–Crippen MR) is 80.8 cm³/mol. The maximum absolute atomic E-state index is 9.93. The summed E-state index contributed by atoms with van der Waals surface area (Å²) in [7, 11) is 0. The van der Waals surface area contributed by atoms with E-state index in [0.29, 0.717) is 6.54 Å². The summed E-state index contributed by atoms with van der Waals surface area (Å²) in [5, 5.41) is 12.0. The van der Waals surface area contributed by atoms with Crippen LogP contribution in [0, 0.1) is 6.92 Å². The second kappa shape index (κ2) is 7.95. The van der Waals surface area contributed by atoms with Gasteiger partial charge in [0.05, 0.1) is 17.7 Å². The highest BCUT2D eigenvalue weighted by Gasteiger charge is 2.12. The van der Waals surface area contributed by atoms with Crippen molar-refractivity contribution in [1.82, 2.24) is 10.4 Å². The van der Waals surface area contributed by atoms with E-state index in [0.717, 1.165) is 36.5 Å². The summed E-state index contributed by atoms with van der Waals surface area (Å²) in [6, 6.07) is 5.88. The van der Waals surface area contributed by atoms with Crippen LogP contribution in [0.15, 0.2) is 22.7 Å². The van der Waals surface area contributed by atoms with Crippen molar-refractivity contribution in [2.75, 3.05) is 39.5 Å². The number of aryl methyl sites for hydroxylation is 1. The van der Waals surface area contributed by atoms with Crippen molar-refractivity contribution in [2.24, 2.45) is 0 Å². The number of benzene rings is 1. The maximum atomic E-state index is 9.93. The fraction of sp³-hybridized carbons (Fsp3) is 0.571. The first-order valence-electron chi connectivity index (χ1n) is 6.78. The van der Waals surface area contributed by atoms with Gasteiger partial charge in [0.15, 0.2) is 0 Å². The molecular formula is C14H21BrN2O3. The number of nitrogens with one attached hydrogen (secondary N) is 1. The highest BCUT2D eigenvalue weighted by molar-refractivity contribution is 9.10. The van der Waals surface area contributed by atoms with Gasteiger partial charge in [0.1, 0.15) is 18.5 Å². The van der Waals surface area contributed by atoms with Crippen LogP contribution in [-0.4, -0.2) is 55.7 Å². The average molecular weight is 345 g/mol. The van der Waals surface area contributed by atoms with Gasteiger partial charge in [-0.2, -0.15) is 0 Å². The molecule has 0 aromatic heterocycles. The van der Waals surface area contributed by atoms with Gasteiger partial charge >= 0.3 is 0 Å². The lowest BCUT2D eigenvalue weighted by atomic mass is 10.2. The number of hydrogen-bond acceptors (Lipinski definition) is 5. The van der Waals surface area contributed by atoms with Crippen LogP contribution in [0.1, 0.15) is 5.56 Å². The summed E-state index contributed by atoms with van der Waals surface area (Å²) in [5.74, 6) is 0.751. The molecule has 1 aliphatic rings. The zero-order valence-corrected chi connectivity index (χ0v) is 13.2. The van der Waals surface area contributed by atoms with Crippen LogP contribution in [0.4, 0.5) is 0 Å². The van der Waals surface area contributed by atoms with Crippen molar-refractivity contribution in [1.29, 1.82) is 0 Å². The number of aliphatic hydroxyl groups excluding tert-OH is 1. The van der Waals surface area contributed by atoms with Gasteiger partial charge in [-0.25, -0.2) is 5.01 Å². The van der Waals surface area contributed by atoms with Crippen molar-refractivity contribution >= 4 is 15.9 Å². The minimum absolute atomic E-state index is 0.263. The first kappa shape index (κ1) is 15.7. The van der Waals surface area contributed by atoms with Gasteiger partial charge in [0.2, 0.25) is 0 Å². The topological polar surface area (TPSA) is 54.0 Å². The standard InChI is InChI=1S/C14H21BrN2O3/c1-11-2-3-14(13(15)8-11)20-10-12(18)9-16-17-4-6-19-7-5-17/h2-3,8,12,16,18H,4-7,9-10H2,1H3. The number of aliphatic hydroxyl groups is 1. The maximum Gasteiger partial charge on any atom is 0.133 e. The normalized spacial score (nSPS) is 17.9. The molecule has 1 aromatic carbocycles. The van der Waals surface area contributed by atoms with Gasteiger partial charge in [-0.05, 0) is 40.5 Å². The van der Waals surface area contributed by atoms with E-state index in [2.05, 4.69) is 26.4 Å². The number of nitrogens with zero attached hydrogens (tertiary/aromatic N) is 1. The number of hydrazine groups is 1. The Morgan fingerprint density at radius 1 is 1.45 bits per heavy atom. The van der Waals surface area contributed by atoms with Gasteiger partial charge in [-0.1, -0.05) is 6.07 Å². The number of hydrogen-bond donors (Lipinski definition) is 2. The van der Waals surface area contributed by atoms with E-state index in [-0.39, 0.29) is 6.61 Å². The number of ether oxygens (including phenoxy) is 2. The number of morpholine rings is 1. The van der Waals surface area contributed by atoms with E-state index < -0.39 is 6.10 Å². The highest BCUT2D eigenvalue weighted by Crippen LogP contribution is 2.25. The molecule has 0 bridgehead atoms. The molecule has 112 valence electrons. The fourth-order valence-electron chi connectivity index (χ4n) is 1.92. The van der Waals surface area contributed by atoms with Crippen LogP contribution in [0.3, 0.4) is 0 Å². The van der Waals surface area contributed by atoms with E-state index in [1.54, 1.807) is 0 Å². The molecule has 2 N–H and O–H groups in total. The van der Waals surface area contributed by atoms with Gasteiger partial charge in [-0.3, -0.25) is 5.43 Å². The molecule has 1 unspecified atom stereocenters. The van der Waals surface area contributed by atoms with Crippen LogP contribution in [0.5, 0.6) is 5.75 Å². The summed E-state index contributed by atoms with van der Waals surface area (Å²) in [5.41, 5.74) is 4.36. The van der Waals surface area contributed by atoms with Crippen molar-refractivity contribution in [3.05, 3.63) is 28.2 Å². The third-order valence-corrected chi connectivity index (χ3v) is 3.70. The molecule has 0 saturated carbocycles. The van der Waals surface area contributed by atoms with Crippen LogP contribution < -0.4 is 10.2 Å². The Balaban J connectivity index is 1.70. The molecule has 20 heavy (non-hydrogen) atoms. The minimum Gasteiger partial charge on any atom is -0.490 e. The molecule has 0 aliphatic carbocycles. The molecular weight excluding hydrogens is 324 g/mol.